The maximum Gasteiger partial charge on any atom is 0.246 e. The molecule has 3 rings (SSSR count). The first-order valence-corrected chi connectivity index (χ1v) is 7.81. The van der Waals surface area contributed by atoms with Gasteiger partial charge >= 0.3 is 0 Å². The Morgan fingerprint density at radius 3 is 3.05 bits per heavy atom. The van der Waals surface area contributed by atoms with Gasteiger partial charge < -0.3 is 19.7 Å². The first-order chi connectivity index (χ1) is 10.6. The van der Waals surface area contributed by atoms with Crippen LogP contribution in [0, 0.1) is 0 Å². The molecule has 1 N–H and O–H groups in total. The first-order valence-electron chi connectivity index (χ1n) is 7.43. The second-order valence-electron chi connectivity index (χ2n) is 5.45. The Hall–Kier alpha value is -1.72. The van der Waals surface area contributed by atoms with Crippen LogP contribution < -0.4 is 14.8 Å². The van der Waals surface area contributed by atoms with Crippen molar-refractivity contribution in [3.8, 4) is 11.5 Å². The summed E-state index contributed by atoms with van der Waals surface area (Å²) < 4.78 is 11.0. The fourth-order valence-corrected chi connectivity index (χ4v) is 2.93. The van der Waals surface area contributed by atoms with Crippen LogP contribution in [0.4, 0.5) is 0 Å². The van der Waals surface area contributed by atoms with E-state index in [9.17, 15) is 4.79 Å². The van der Waals surface area contributed by atoms with Crippen molar-refractivity contribution in [1.82, 2.24) is 10.2 Å². The predicted octanol–water partition coefficient (Wildman–Crippen LogP) is 1.94. The van der Waals surface area contributed by atoms with Crippen LogP contribution in [0.25, 0.3) is 6.08 Å². The summed E-state index contributed by atoms with van der Waals surface area (Å²) in [5.74, 6) is 1.22. The Labute approximate surface area is 134 Å². The molecule has 2 heterocycles. The quantitative estimate of drug-likeness (QED) is 0.846. The Bertz CT molecular complexity index is 603. The zero-order chi connectivity index (χ0) is 15.5. The van der Waals surface area contributed by atoms with Gasteiger partial charge in [0, 0.05) is 31.8 Å². The van der Waals surface area contributed by atoms with Crippen molar-refractivity contribution in [3.05, 3.63) is 28.8 Å². The summed E-state index contributed by atoms with van der Waals surface area (Å²) in [4.78, 5) is 14.1. The van der Waals surface area contributed by atoms with Crippen LogP contribution in [-0.2, 0) is 4.79 Å². The molecule has 5 nitrogen and oxygen atoms in total. The molecule has 22 heavy (non-hydrogen) atoms. The van der Waals surface area contributed by atoms with Gasteiger partial charge in [0.2, 0.25) is 5.91 Å². The Balaban J connectivity index is 1.75. The van der Waals surface area contributed by atoms with Gasteiger partial charge in [0.1, 0.15) is 13.2 Å². The van der Waals surface area contributed by atoms with Gasteiger partial charge in [-0.25, -0.2) is 0 Å². The second-order valence-corrected chi connectivity index (χ2v) is 5.85. The highest BCUT2D eigenvalue weighted by atomic mass is 35.5. The van der Waals surface area contributed by atoms with E-state index in [2.05, 4.69) is 5.32 Å². The van der Waals surface area contributed by atoms with E-state index >= 15 is 0 Å². The highest BCUT2D eigenvalue weighted by molar-refractivity contribution is 6.32. The van der Waals surface area contributed by atoms with E-state index in [0.29, 0.717) is 29.7 Å². The molecule has 2 aliphatic rings. The smallest absolute Gasteiger partial charge is 0.246 e. The molecule has 118 valence electrons. The van der Waals surface area contributed by atoms with E-state index in [1.165, 1.54) is 0 Å². The van der Waals surface area contributed by atoms with Crippen LogP contribution in [0.2, 0.25) is 5.02 Å². The third-order valence-electron chi connectivity index (χ3n) is 3.82. The maximum absolute atomic E-state index is 12.3. The topological polar surface area (TPSA) is 50.8 Å². The van der Waals surface area contributed by atoms with E-state index in [1.807, 2.05) is 17.9 Å². The van der Waals surface area contributed by atoms with Gasteiger partial charge in [0.15, 0.2) is 11.5 Å². The molecule has 1 fully saturated rings. The third kappa shape index (κ3) is 3.20. The van der Waals surface area contributed by atoms with Crippen molar-refractivity contribution in [2.45, 2.75) is 13.0 Å². The Morgan fingerprint density at radius 1 is 1.41 bits per heavy atom. The van der Waals surface area contributed by atoms with Crippen molar-refractivity contribution >= 4 is 23.6 Å². The number of nitrogens with zero attached hydrogens (tertiary/aromatic N) is 1. The number of nitrogens with one attached hydrogen (secondary N) is 1. The SMILES string of the molecule is CC1CNCCN1C(=O)/C=C/c1cc(Cl)c2c(c1)OCCO2. The number of ether oxygens (including phenoxy) is 2. The van der Waals surface area contributed by atoms with Crippen LogP contribution in [0.3, 0.4) is 0 Å². The number of carbonyl (C=O) groups excluding carboxylic acids is 1. The van der Waals surface area contributed by atoms with Gasteiger partial charge in [0.25, 0.3) is 0 Å². The fourth-order valence-electron chi connectivity index (χ4n) is 2.66. The summed E-state index contributed by atoms with van der Waals surface area (Å²) in [7, 11) is 0. The molecular formula is C16H19ClN2O3. The van der Waals surface area contributed by atoms with Crippen molar-refractivity contribution in [2.24, 2.45) is 0 Å². The number of carbonyl (C=O) groups is 1. The summed E-state index contributed by atoms with van der Waals surface area (Å²) in [5, 5.41) is 3.77. The van der Waals surface area contributed by atoms with Gasteiger partial charge in [-0.15, -0.1) is 0 Å². The molecule has 1 unspecified atom stereocenters. The highest BCUT2D eigenvalue weighted by Crippen LogP contribution is 2.38. The van der Waals surface area contributed by atoms with Gasteiger partial charge in [-0.2, -0.15) is 0 Å². The summed E-state index contributed by atoms with van der Waals surface area (Å²) >= 11 is 6.19. The molecule has 0 aromatic heterocycles. The number of amides is 1. The summed E-state index contributed by atoms with van der Waals surface area (Å²) in [6.45, 7) is 5.44. The number of benzene rings is 1. The number of fused-ring (bicyclic) bond motifs is 1. The van der Waals surface area contributed by atoms with Crippen LogP contribution in [0.15, 0.2) is 18.2 Å². The van der Waals surface area contributed by atoms with Crippen LogP contribution in [0.1, 0.15) is 12.5 Å². The van der Waals surface area contributed by atoms with E-state index in [4.69, 9.17) is 21.1 Å². The van der Waals surface area contributed by atoms with Gasteiger partial charge in [-0.05, 0) is 30.7 Å². The average molecular weight is 323 g/mol. The maximum atomic E-state index is 12.3. The number of hydrogen-bond donors (Lipinski definition) is 1. The Morgan fingerprint density at radius 2 is 2.23 bits per heavy atom. The van der Waals surface area contributed by atoms with Crippen LogP contribution >= 0.6 is 11.6 Å². The minimum absolute atomic E-state index is 0.0139. The lowest BCUT2D eigenvalue weighted by molar-refractivity contribution is -0.128. The van der Waals surface area contributed by atoms with Crippen molar-refractivity contribution < 1.29 is 14.3 Å². The van der Waals surface area contributed by atoms with Crippen molar-refractivity contribution in [1.29, 1.82) is 0 Å². The van der Waals surface area contributed by atoms with E-state index in [-0.39, 0.29) is 11.9 Å². The molecule has 0 spiro atoms. The third-order valence-corrected chi connectivity index (χ3v) is 4.10. The van der Waals surface area contributed by atoms with Crippen LogP contribution in [0.5, 0.6) is 11.5 Å². The predicted molar refractivity (Wildman–Crippen MR) is 85.5 cm³/mol. The lowest BCUT2D eigenvalue weighted by Gasteiger charge is -2.33. The number of rotatable bonds is 2. The first kappa shape index (κ1) is 15.2. The molecule has 1 atom stereocenters. The number of piperazine rings is 1. The summed E-state index contributed by atoms with van der Waals surface area (Å²) in [6, 6.07) is 3.82. The molecule has 0 saturated carbocycles. The Kier molecular flexibility index (Phi) is 4.55. The molecule has 1 amide bonds. The van der Waals surface area contributed by atoms with E-state index in [1.54, 1.807) is 18.2 Å². The standard InChI is InChI=1S/C16H19ClN2O3/c1-11-10-18-4-5-19(11)15(20)3-2-12-8-13(17)16-14(9-12)21-6-7-22-16/h2-3,8-9,11,18H,4-7,10H2,1H3/b3-2+. The average Bonchev–Trinajstić information content (AvgIpc) is 2.53. The van der Waals surface area contributed by atoms with Crippen LogP contribution in [-0.4, -0.2) is 49.7 Å². The fraction of sp³-hybridized carbons (Fsp3) is 0.438. The number of hydrogen-bond acceptors (Lipinski definition) is 4. The van der Waals surface area contributed by atoms with E-state index < -0.39 is 0 Å². The summed E-state index contributed by atoms with van der Waals surface area (Å²) in [6.07, 6.45) is 3.35. The van der Waals surface area contributed by atoms with Gasteiger partial charge in [-0.3, -0.25) is 4.79 Å². The molecule has 0 bridgehead atoms. The zero-order valence-corrected chi connectivity index (χ0v) is 13.2. The largest absolute Gasteiger partial charge is 0.486 e. The molecular weight excluding hydrogens is 304 g/mol. The molecule has 6 heteroatoms. The molecule has 1 saturated heterocycles. The zero-order valence-electron chi connectivity index (χ0n) is 12.5. The normalized spacial score (nSPS) is 21.2. The number of halogens is 1. The summed E-state index contributed by atoms with van der Waals surface area (Å²) in [5.41, 5.74) is 0.824. The van der Waals surface area contributed by atoms with Crippen molar-refractivity contribution in [3.63, 3.8) is 0 Å². The minimum Gasteiger partial charge on any atom is -0.486 e. The lowest BCUT2D eigenvalue weighted by Crippen LogP contribution is -2.51. The molecule has 2 aliphatic heterocycles. The van der Waals surface area contributed by atoms with E-state index in [0.717, 1.165) is 25.2 Å². The monoisotopic (exact) mass is 322 g/mol. The lowest BCUT2D eigenvalue weighted by atomic mass is 10.1. The molecule has 0 radical (unpaired) electrons. The van der Waals surface area contributed by atoms with Gasteiger partial charge in [0.05, 0.1) is 5.02 Å². The molecule has 1 aromatic carbocycles. The molecule has 0 aliphatic carbocycles. The minimum atomic E-state index is 0.0139. The highest BCUT2D eigenvalue weighted by Gasteiger charge is 2.21. The van der Waals surface area contributed by atoms with Crippen molar-refractivity contribution in [2.75, 3.05) is 32.8 Å². The second kappa shape index (κ2) is 6.58. The molecule has 1 aromatic rings. The van der Waals surface area contributed by atoms with Gasteiger partial charge in [-0.1, -0.05) is 11.6 Å².